The first-order valence-corrected chi connectivity index (χ1v) is 13.3. The van der Waals surface area contributed by atoms with Crippen LogP contribution in [-0.2, 0) is 9.59 Å². The Kier molecular flexibility index (Phi) is 7.85. The summed E-state index contributed by atoms with van der Waals surface area (Å²) < 4.78 is 0. The molecule has 3 N–H and O–H groups in total. The number of nitrogens with zero attached hydrogens (tertiary/aromatic N) is 3. The van der Waals surface area contributed by atoms with Crippen LogP contribution in [-0.4, -0.2) is 74.2 Å². The van der Waals surface area contributed by atoms with Gasteiger partial charge in [-0.25, -0.2) is 0 Å². The Bertz CT molecular complexity index is 1040. The van der Waals surface area contributed by atoms with E-state index in [1.54, 1.807) is 4.90 Å². The van der Waals surface area contributed by atoms with Crippen LogP contribution in [0.4, 0.5) is 0 Å². The topological polar surface area (TPSA) is 102 Å². The number of carbonyl (C=O) groups is 2. The monoisotopic (exact) mass is 495 g/mol. The molecule has 8 heteroatoms. The quantitative estimate of drug-likeness (QED) is 0.522. The van der Waals surface area contributed by atoms with Gasteiger partial charge < -0.3 is 15.3 Å². The molecule has 0 aliphatic carbocycles. The van der Waals surface area contributed by atoms with Crippen LogP contribution in [0.15, 0.2) is 30.3 Å². The normalized spacial score (nSPS) is 22.2. The first-order chi connectivity index (χ1) is 17.2. The van der Waals surface area contributed by atoms with Crippen molar-refractivity contribution in [2.24, 2.45) is 5.92 Å². The van der Waals surface area contributed by atoms with Crippen molar-refractivity contribution >= 4 is 11.8 Å². The van der Waals surface area contributed by atoms with Crippen LogP contribution in [0.5, 0.6) is 0 Å². The second kappa shape index (κ2) is 10.7. The summed E-state index contributed by atoms with van der Waals surface area (Å²) >= 11 is 0. The van der Waals surface area contributed by atoms with Crippen LogP contribution in [0.25, 0.3) is 0 Å². The van der Waals surface area contributed by atoms with E-state index in [2.05, 4.69) is 58.5 Å². The zero-order chi connectivity index (χ0) is 26.0. The lowest BCUT2D eigenvalue weighted by Gasteiger charge is -2.53. The van der Waals surface area contributed by atoms with Crippen molar-refractivity contribution in [3.8, 4) is 0 Å². The number of rotatable bonds is 8. The number of aryl methyl sites for hydroxylation is 2. The smallest absolute Gasteiger partial charge is 0.248 e. The van der Waals surface area contributed by atoms with Gasteiger partial charge in [-0.1, -0.05) is 57.5 Å². The molecule has 2 amide bonds. The van der Waals surface area contributed by atoms with Gasteiger partial charge in [0.05, 0.1) is 17.8 Å². The standard InChI is InChI=1S/C28H41N5O3/c1-6-7-15-33-26(35)23(25(34)18(2)3)29-27(36)28(33)13-16-32(17-14-28)24(21-11-9-8-10-12-21)22-19(4)30-31-20(22)5/h8-12,18,23-25,34H,6-7,13-17H2,1-5H3,(H,29,36)(H,30,31)/t23-,24?,25-/m1/s1. The molecule has 0 radical (unpaired) electrons. The van der Waals surface area contributed by atoms with Crippen LogP contribution in [0.2, 0.25) is 0 Å². The summed E-state index contributed by atoms with van der Waals surface area (Å²) in [7, 11) is 0. The number of piperidine rings is 1. The number of aliphatic hydroxyl groups excluding tert-OH is 1. The number of unbranched alkanes of at least 4 members (excludes halogenated alkanes) is 1. The van der Waals surface area contributed by atoms with E-state index in [1.165, 1.54) is 11.1 Å². The lowest BCUT2D eigenvalue weighted by atomic mass is 9.79. The fraction of sp³-hybridized carbons (Fsp3) is 0.607. The summed E-state index contributed by atoms with van der Waals surface area (Å²) in [6.45, 7) is 11.8. The molecule has 0 bridgehead atoms. The number of amides is 2. The molecule has 1 unspecified atom stereocenters. The van der Waals surface area contributed by atoms with E-state index in [9.17, 15) is 14.7 Å². The number of hydrogen-bond acceptors (Lipinski definition) is 5. The van der Waals surface area contributed by atoms with Crippen molar-refractivity contribution < 1.29 is 14.7 Å². The summed E-state index contributed by atoms with van der Waals surface area (Å²) in [5.41, 5.74) is 3.50. The fourth-order valence-electron chi connectivity index (χ4n) is 5.90. The SMILES string of the molecule is CCCCN1C(=O)[C@@H]([C@H](O)C(C)C)NC(=O)C12CCN(C(c1ccccc1)c1c(C)n[nH]c1C)CC2. The molecule has 2 fully saturated rings. The van der Waals surface area contributed by atoms with Gasteiger partial charge in [-0.15, -0.1) is 0 Å². The van der Waals surface area contributed by atoms with Crippen LogP contribution in [0, 0.1) is 19.8 Å². The molecule has 1 spiro atoms. The van der Waals surface area contributed by atoms with Crippen LogP contribution in [0.3, 0.4) is 0 Å². The Balaban J connectivity index is 1.63. The predicted molar refractivity (Wildman–Crippen MR) is 139 cm³/mol. The highest BCUT2D eigenvalue weighted by Gasteiger charge is 2.55. The van der Waals surface area contributed by atoms with E-state index in [4.69, 9.17) is 0 Å². The fourth-order valence-corrected chi connectivity index (χ4v) is 5.90. The van der Waals surface area contributed by atoms with Gasteiger partial charge in [0.15, 0.2) is 0 Å². The van der Waals surface area contributed by atoms with Crippen molar-refractivity contribution in [2.75, 3.05) is 19.6 Å². The van der Waals surface area contributed by atoms with E-state index in [0.29, 0.717) is 32.5 Å². The summed E-state index contributed by atoms with van der Waals surface area (Å²) in [6, 6.07) is 9.55. The number of nitrogens with one attached hydrogen (secondary N) is 2. The van der Waals surface area contributed by atoms with Gasteiger partial charge in [-0.05, 0) is 44.6 Å². The largest absolute Gasteiger partial charge is 0.390 e. The third kappa shape index (κ3) is 4.68. The molecular formula is C28H41N5O3. The zero-order valence-electron chi connectivity index (χ0n) is 22.3. The molecule has 2 aliphatic rings. The minimum absolute atomic E-state index is 0.0178. The van der Waals surface area contributed by atoms with Crippen LogP contribution >= 0.6 is 0 Å². The molecule has 4 rings (SSSR count). The number of carbonyl (C=O) groups excluding carboxylic acids is 2. The van der Waals surface area contributed by atoms with Crippen LogP contribution < -0.4 is 5.32 Å². The minimum Gasteiger partial charge on any atom is -0.390 e. The van der Waals surface area contributed by atoms with Crippen molar-refractivity contribution in [3.05, 3.63) is 52.8 Å². The molecule has 8 nitrogen and oxygen atoms in total. The first-order valence-electron chi connectivity index (χ1n) is 13.3. The van der Waals surface area contributed by atoms with E-state index in [-0.39, 0.29) is 23.8 Å². The summed E-state index contributed by atoms with van der Waals surface area (Å²) in [5, 5.41) is 21.2. The summed E-state index contributed by atoms with van der Waals surface area (Å²) in [6.07, 6.45) is 1.96. The summed E-state index contributed by atoms with van der Waals surface area (Å²) in [4.78, 5) is 31.5. The molecule has 1 aromatic carbocycles. The molecular weight excluding hydrogens is 454 g/mol. The maximum absolute atomic E-state index is 13.7. The van der Waals surface area contributed by atoms with E-state index in [1.807, 2.05) is 26.8 Å². The van der Waals surface area contributed by atoms with Crippen molar-refractivity contribution in [1.82, 2.24) is 25.3 Å². The predicted octanol–water partition coefficient (Wildman–Crippen LogP) is 3.09. The lowest BCUT2D eigenvalue weighted by Crippen LogP contribution is -2.75. The molecule has 2 saturated heterocycles. The lowest BCUT2D eigenvalue weighted by molar-refractivity contribution is -0.165. The number of aromatic amines is 1. The van der Waals surface area contributed by atoms with Gasteiger partial charge in [0.2, 0.25) is 11.8 Å². The van der Waals surface area contributed by atoms with Gasteiger partial charge >= 0.3 is 0 Å². The van der Waals surface area contributed by atoms with Gasteiger partial charge in [0.1, 0.15) is 11.6 Å². The molecule has 36 heavy (non-hydrogen) atoms. The second-order valence-corrected chi connectivity index (χ2v) is 10.8. The third-order valence-corrected chi connectivity index (χ3v) is 8.08. The Morgan fingerprint density at radius 1 is 1.14 bits per heavy atom. The first kappa shape index (κ1) is 26.4. The Morgan fingerprint density at radius 3 is 2.36 bits per heavy atom. The molecule has 3 heterocycles. The number of H-pyrrole nitrogens is 1. The molecule has 2 aliphatic heterocycles. The van der Waals surface area contributed by atoms with Gasteiger partial charge in [0.25, 0.3) is 0 Å². The van der Waals surface area contributed by atoms with E-state index in [0.717, 1.165) is 24.2 Å². The highest BCUT2D eigenvalue weighted by molar-refractivity contribution is 6.00. The number of hydrogen-bond donors (Lipinski definition) is 3. The molecule has 1 aromatic heterocycles. The van der Waals surface area contributed by atoms with Gasteiger partial charge in [-0.2, -0.15) is 5.10 Å². The zero-order valence-corrected chi connectivity index (χ0v) is 22.3. The Hall–Kier alpha value is -2.71. The van der Waals surface area contributed by atoms with Crippen molar-refractivity contribution in [2.45, 2.75) is 84.0 Å². The second-order valence-electron chi connectivity index (χ2n) is 10.8. The number of aliphatic hydroxyl groups is 1. The highest BCUT2D eigenvalue weighted by atomic mass is 16.3. The minimum atomic E-state index is -0.905. The molecule has 2 aromatic rings. The number of aromatic nitrogens is 2. The maximum atomic E-state index is 13.7. The van der Waals surface area contributed by atoms with Crippen molar-refractivity contribution in [1.29, 1.82) is 0 Å². The highest BCUT2D eigenvalue weighted by Crippen LogP contribution is 2.39. The van der Waals surface area contributed by atoms with E-state index < -0.39 is 17.7 Å². The van der Waals surface area contributed by atoms with Gasteiger partial charge in [-0.3, -0.25) is 19.6 Å². The maximum Gasteiger partial charge on any atom is 0.248 e. The number of piperazine rings is 1. The molecule has 3 atom stereocenters. The number of benzene rings is 1. The third-order valence-electron chi connectivity index (χ3n) is 8.08. The Morgan fingerprint density at radius 2 is 1.81 bits per heavy atom. The number of likely N-dealkylation sites (tertiary alicyclic amines) is 1. The molecule has 0 saturated carbocycles. The van der Waals surface area contributed by atoms with Crippen LogP contribution in [0.1, 0.15) is 75.0 Å². The average Bonchev–Trinajstić information content (AvgIpc) is 3.20. The molecule has 196 valence electrons. The Labute approximate surface area is 214 Å². The van der Waals surface area contributed by atoms with Crippen molar-refractivity contribution in [3.63, 3.8) is 0 Å². The van der Waals surface area contributed by atoms with E-state index >= 15 is 0 Å². The summed E-state index contributed by atoms with van der Waals surface area (Å²) in [5.74, 6) is -0.412. The van der Waals surface area contributed by atoms with Gasteiger partial charge in [0, 0.05) is 30.9 Å². The average molecular weight is 496 g/mol.